The van der Waals surface area contributed by atoms with E-state index in [4.69, 9.17) is 10.5 Å². The van der Waals surface area contributed by atoms with E-state index in [1.807, 2.05) is 0 Å². The Balaban J connectivity index is 1.63. The zero-order valence-corrected chi connectivity index (χ0v) is 14.7. The molecular weight excluding hydrogens is 342 g/mol. The van der Waals surface area contributed by atoms with Crippen molar-refractivity contribution in [1.29, 1.82) is 0 Å². The van der Waals surface area contributed by atoms with E-state index < -0.39 is 0 Å². The van der Waals surface area contributed by atoms with Crippen LogP contribution in [0.4, 0.5) is 17.1 Å². The lowest BCUT2D eigenvalue weighted by Crippen LogP contribution is -2.14. The second-order valence-corrected chi connectivity index (χ2v) is 5.84. The van der Waals surface area contributed by atoms with Crippen molar-refractivity contribution in [3.63, 3.8) is 0 Å². The zero-order valence-electron chi connectivity index (χ0n) is 14.7. The maximum absolute atomic E-state index is 12.3. The Morgan fingerprint density at radius 2 is 1.33 bits per heavy atom. The second-order valence-electron chi connectivity index (χ2n) is 5.84. The molecule has 0 heterocycles. The van der Waals surface area contributed by atoms with Crippen LogP contribution >= 0.6 is 0 Å². The summed E-state index contributed by atoms with van der Waals surface area (Å²) in [5.74, 6) is 0.208. The molecule has 0 aliphatic heterocycles. The van der Waals surface area contributed by atoms with Crippen molar-refractivity contribution < 1.29 is 14.3 Å². The van der Waals surface area contributed by atoms with Crippen LogP contribution in [0.5, 0.6) is 5.75 Å². The molecule has 3 rings (SSSR count). The monoisotopic (exact) mass is 361 g/mol. The first-order valence-corrected chi connectivity index (χ1v) is 8.27. The summed E-state index contributed by atoms with van der Waals surface area (Å²) in [6.45, 7) is 0. The van der Waals surface area contributed by atoms with E-state index >= 15 is 0 Å². The van der Waals surface area contributed by atoms with Gasteiger partial charge >= 0.3 is 0 Å². The fourth-order valence-electron chi connectivity index (χ4n) is 2.47. The molecule has 0 aliphatic rings. The highest BCUT2D eigenvalue weighted by Crippen LogP contribution is 2.17. The molecule has 136 valence electrons. The summed E-state index contributed by atoms with van der Waals surface area (Å²) in [6.07, 6.45) is 0. The van der Waals surface area contributed by atoms with Crippen molar-refractivity contribution in [2.75, 3.05) is 23.5 Å². The lowest BCUT2D eigenvalue weighted by Gasteiger charge is -2.08. The van der Waals surface area contributed by atoms with Crippen LogP contribution in [0.15, 0.2) is 72.8 Å². The first-order valence-electron chi connectivity index (χ1n) is 8.27. The number of amides is 2. The van der Waals surface area contributed by atoms with E-state index in [1.54, 1.807) is 79.9 Å². The fourth-order valence-corrected chi connectivity index (χ4v) is 2.47. The molecule has 0 fully saturated rings. The highest BCUT2D eigenvalue weighted by atomic mass is 16.5. The van der Waals surface area contributed by atoms with E-state index in [2.05, 4.69) is 10.6 Å². The SMILES string of the molecule is COc1ccc(NC(=O)c2ccc(NC(=O)c3cccc(N)c3)cc2)cc1. The predicted molar refractivity (Wildman–Crippen MR) is 106 cm³/mol. The van der Waals surface area contributed by atoms with E-state index in [1.165, 1.54) is 0 Å². The van der Waals surface area contributed by atoms with E-state index in [0.29, 0.717) is 33.9 Å². The number of rotatable bonds is 5. The molecular formula is C21H19N3O3. The van der Waals surface area contributed by atoms with Crippen LogP contribution < -0.4 is 21.1 Å². The number of carbonyl (C=O) groups excluding carboxylic acids is 2. The van der Waals surface area contributed by atoms with Gasteiger partial charge in [0.15, 0.2) is 0 Å². The minimum atomic E-state index is -0.266. The maximum Gasteiger partial charge on any atom is 0.255 e. The fraction of sp³-hybridized carbons (Fsp3) is 0.0476. The Hall–Kier alpha value is -3.80. The van der Waals surface area contributed by atoms with Gasteiger partial charge in [-0.1, -0.05) is 6.07 Å². The molecule has 0 unspecified atom stereocenters. The normalized spacial score (nSPS) is 10.1. The van der Waals surface area contributed by atoms with Crippen molar-refractivity contribution >= 4 is 28.9 Å². The quantitative estimate of drug-likeness (QED) is 0.603. The summed E-state index contributed by atoms with van der Waals surface area (Å²) >= 11 is 0. The average Bonchev–Trinajstić information content (AvgIpc) is 2.69. The van der Waals surface area contributed by atoms with Gasteiger partial charge in [-0.3, -0.25) is 9.59 Å². The zero-order chi connectivity index (χ0) is 19.2. The van der Waals surface area contributed by atoms with E-state index in [9.17, 15) is 9.59 Å². The number of benzene rings is 3. The molecule has 4 N–H and O–H groups in total. The Morgan fingerprint density at radius 3 is 1.89 bits per heavy atom. The first kappa shape index (κ1) is 18.0. The molecule has 0 saturated heterocycles. The van der Waals surface area contributed by atoms with Crippen LogP contribution in [-0.2, 0) is 0 Å². The van der Waals surface area contributed by atoms with Crippen LogP contribution in [0, 0.1) is 0 Å². The number of nitrogens with two attached hydrogens (primary N) is 1. The highest BCUT2D eigenvalue weighted by Gasteiger charge is 2.09. The molecule has 27 heavy (non-hydrogen) atoms. The Labute approximate surface area is 157 Å². The van der Waals surface area contributed by atoms with Gasteiger partial charge in [-0.15, -0.1) is 0 Å². The van der Waals surface area contributed by atoms with Gasteiger partial charge in [0, 0.05) is 28.2 Å². The van der Waals surface area contributed by atoms with Crippen LogP contribution in [0.1, 0.15) is 20.7 Å². The van der Waals surface area contributed by atoms with Crippen LogP contribution in [-0.4, -0.2) is 18.9 Å². The Bertz CT molecular complexity index is 951. The number of anilines is 3. The molecule has 2 amide bonds. The standard InChI is InChI=1S/C21H19N3O3/c1-27-19-11-9-18(10-12-19)23-20(25)14-5-7-17(8-6-14)24-21(26)15-3-2-4-16(22)13-15/h2-13H,22H2,1H3,(H,23,25)(H,24,26). The summed E-state index contributed by atoms with van der Waals surface area (Å²) in [4.78, 5) is 24.5. The molecule has 0 saturated carbocycles. The van der Waals surface area contributed by atoms with Gasteiger partial charge in [0.25, 0.3) is 11.8 Å². The van der Waals surface area contributed by atoms with E-state index in [-0.39, 0.29) is 11.8 Å². The Kier molecular flexibility index (Phi) is 5.37. The van der Waals surface area contributed by atoms with Crippen molar-refractivity contribution in [2.45, 2.75) is 0 Å². The summed E-state index contributed by atoms with van der Waals surface area (Å²) in [6, 6.07) is 20.4. The summed E-state index contributed by atoms with van der Waals surface area (Å²) in [5.41, 5.74) is 8.41. The minimum absolute atomic E-state index is 0.242. The molecule has 0 spiro atoms. The minimum Gasteiger partial charge on any atom is -0.497 e. The van der Waals surface area contributed by atoms with Gasteiger partial charge in [0.2, 0.25) is 0 Å². The lowest BCUT2D eigenvalue weighted by molar-refractivity contribution is 0.102. The van der Waals surface area contributed by atoms with Crippen molar-refractivity contribution in [2.24, 2.45) is 0 Å². The number of hydrogen-bond acceptors (Lipinski definition) is 4. The summed E-state index contributed by atoms with van der Waals surface area (Å²) < 4.78 is 5.09. The summed E-state index contributed by atoms with van der Waals surface area (Å²) in [5, 5.41) is 5.58. The number of nitrogen functional groups attached to an aromatic ring is 1. The third-order valence-electron chi connectivity index (χ3n) is 3.90. The molecule has 0 aliphatic carbocycles. The molecule has 6 heteroatoms. The topological polar surface area (TPSA) is 93.5 Å². The Morgan fingerprint density at radius 1 is 0.778 bits per heavy atom. The first-order chi connectivity index (χ1) is 13.0. The molecule has 6 nitrogen and oxygen atoms in total. The van der Waals surface area contributed by atoms with Crippen LogP contribution in [0.2, 0.25) is 0 Å². The predicted octanol–water partition coefficient (Wildman–Crippen LogP) is 3.78. The van der Waals surface area contributed by atoms with E-state index in [0.717, 1.165) is 0 Å². The molecule has 3 aromatic carbocycles. The molecule has 3 aromatic rings. The third-order valence-corrected chi connectivity index (χ3v) is 3.90. The number of methoxy groups -OCH3 is 1. The summed E-state index contributed by atoms with van der Waals surface area (Å²) in [7, 11) is 1.58. The average molecular weight is 361 g/mol. The van der Waals surface area contributed by atoms with Crippen LogP contribution in [0.25, 0.3) is 0 Å². The second kappa shape index (κ2) is 8.05. The van der Waals surface area contributed by atoms with Gasteiger partial charge in [0.05, 0.1) is 7.11 Å². The lowest BCUT2D eigenvalue weighted by atomic mass is 10.1. The van der Waals surface area contributed by atoms with Crippen molar-refractivity contribution in [3.8, 4) is 5.75 Å². The van der Waals surface area contributed by atoms with Gasteiger partial charge < -0.3 is 21.1 Å². The number of carbonyl (C=O) groups is 2. The van der Waals surface area contributed by atoms with Gasteiger partial charge in [-0.25, -0.2) is 0 Å². The van der Waals surface area contributed by atoms with Gasteiger partial charge in [-0.2, -0.15) is 0 Å². The number of hydrogen-bond donors (Lipinski definition) is 3. The third kappa shape index (κ3) is 4.64. The molecule has 0 atom stereocenters. The molecule has 0 aromatic heterocycles. The van der Waals surface area contributed by atoms with Crippen molar-refractivity contribution in [1.82, 2.24) is 0 Å². The smallest absolute Gasteiger partial charge is 0.255 e. The van der Waals surface area contributed by atoms with Crippen LogP contribution in [0.3, 0.4) is 0 Å². The largest absolute Gasteiger partial charge is 0.497 e. The number of nitrogens with one attached hydrogen (secondary N) is 2. The maximum atomic E-state index is 12.3. The molecule has 0 bridgehead atoms. The molecule has 0 radical (unpaired) electrons. The number of ether oxygens (including phenoxy) is 1. The van der Waals surface area contributed by atoms with Gasteiger partial charge in [0.1, 0.15) is 5.75 Å². The van der Waals surface area contributed by atoms with Crippen molar-refractivity contribution in [3.05, 3.63) is 83.9 Å². The highest BCUT2D eigenvalue weighted by molar-refractivity contribution is 6.06. The van der Waals surface area contributed by atoms with Gasteiger partial charge in [-0.05, 0) is 66.7 Å².